The van der Waals surface area contributed by atoms with Gasteiger partial charge in [-0.05, 0) is 111 Å². The van der Waals surface area contributed by atoms with E-state index >= 15 is 0 Å². The van der Waals surface area contributed by atoms with E-state index in [0.29, 0.717) is 5.11 Å². The van der Waals surface area contributed by atoms with E-state index in [4.69, 9.17) is 21.9 Å². The number of hydrogen-bond donors (Lipinski definition) is 1. The molecule has 0 amide bonds. The molecule has 7 heteroatoms. The molecule has 200 valence electrons. The predicted molar refractivity (Wildman–Crippen MR) is 169 cm³/mol. The van der Waals surface area contributed by atoms with Crippen molar-refractivity contribution in [1.29, 1.82) is 0 Å². The average molecular weight is 610 g/mol. The number of aryl methyl sites for hydroxylation is 2. The minimum Gasteiger partial charge on any atom is -0.457 e. The van der Waals surface area contributed by atoms with Gasteiger partial charge < -0.3 is 19.5 Å². The van der Waals surface area contributed by atoms with Gasteiger partial charge in [0.15, 0.2) is 5.11 Å². The maximum atomic E-state index is 6.17. The number of thiocarbonyl (C=S) groups is 1. The Morgan fingerprint density at radius 2 is 1.62 bits per heavy atom. The van der Waals surface area contributed by atoms with Crippen molar-refractivity contribution in [2.24, 2.45) is 0 Å². The van der Waals surface area contributed by atoms with Crippen molar-refractivity contribution in [3.63, 3.8) is 0 Å². The van der Waals surface area contributed by atoms with E-state index in [9.17, 15) is 0 Å². The van der Waals surface area contributed by atoms with E-state index in [1.165, 1.54) is 5.56 Å². The van der Waals surface area contributed by atoms with Crippen molar-refractivity contribution in [3.8, 4) is 17.2 Å². The van der Waals surface area contributed by atoms with Crippen molar-refractivity contribution >= 4 is 38.9 Å². The highest BCUT2D eigenvalue weighted by atomic mass is 79.9. The molecular formula is C33H29BrN4OS. The monoisotopic (exact) mass is 608 g/mol. The summed E-state index contributed by atoms with van der Waals surface area (Å²) in [6.45, 7) is 6.37. The molecule has 3 aromatic carbocycles. The van der Waals surface area contributed by atoms with Crippen LogP contribution >= 0.6 is 28.1 Å². The summed E-state index contributed by atoms with van der Waals surface area (Å²) < 4.78 is 9.51. The van der Waals surface area contributed by atoms with Crippen molar-refractivity contribution in [1.82, 2.24) is 14.9 Å². The molecule has 0 saturated carbocycles. The summed E-state index contributed by atoms with van der Waals surface area (Å²) >= 11 is 9.60. The van der Waals surface area contributed by atoms with E-state index in [0.717, 1.165) is 50.0 Å². The first-order valence-electron chi connectivity index (χ1n) is 13.2. The summed E-state index contributed by atoms with van der Waals surface area (Å²) in [5.41, 5.74) is 7.66. The van der Waals surface area contributed by atoms with Crippen LogP contribution in [-0.2, 0) is 0 Å². The first kappa shape index (κ1) is 26.3. The number of rotatable bonds is 6. The summed E-state index contributed by atoms with van der Waals surface area (Å²) in [7, 11) is 0. The molecular weight excluding hydrogens is 580 g/mol. The SMILES string of the molecule is Cc1ccccc1Oc1ccc(N2C(=S)N[C@H](c3ccccn3)[C@H]2c2cc(C)n(-c3cccc(Br)c3)c2C)cc1. The van der Waals surface area contributed by atoms with Gasteiger partial charge in [-0.2, -0.15) is 0 Å². The second kappa shape index (κ2) is 10.9. The lowest BCUT2D eigenvalue weighted by Gasteiger charge is -2.28. The lowest BCUT2D eigenvalue weighted by Crippen LogP contribution is -2.29. The third kappa shape index (κ3) is 4.91. The van der Waals surface area contributed by atoms with Gasteiger partial charge in [0.05, 0.1) is 17.8 Å². The maximum absolute atomic E-state index is 6.17. The number of nitrogens with one attached hydrogen (secondary N) is 1. The molecule has 40 heavy (non-hydrogen) atoms. The molecule has 5 aromatic rings. The Labute approximate surface area is 248 Å². The summed E-state index contributed by atoms with van der Waals surface area (Å²) in [5, 5.41) is 4.25. The molecule has 3 heterocycles. The molecule has 2 aromatic heterocycles. The van der Waals surface area contributed by atoms with Gasteiger partial charge in [0.25, 0.3) is 0 Å². The lowest BCUT2D eigenvalue weighted by atomic mass is 9.96. The molecule has 2 atom stereocenters. The molecule has 1 fully saturated rings. The van der Waals surface area contributed by atoms with Crippen LogP contribution in [0.25, 0.3) is 5.69 Å². The van der Waals surface area contributed by atoms with Crippen LogP contribution in [0.1, 0.15) is 40.3 Å². The number of aromatic nitrogens is 2. The highest BCUT2D eigenvalue weighted by Crippen LogP contribution is 2.44. The van der Waals surface area contributed by atoms with Gasteiger partial charge in [0.1, 0.15) is 11.5 Å². The second-order valence-corrected chi connectivity index (χ2v) is 11.3. The zero-order valence-electron chi connectivity index (χ0n) is 22.5. The lowest BCUT2D eigenvalue weighted by molar-refractivity contribution is 0.479. The maximum Gasteiger partial charge on any atom is 0.174 e. The first-order valence-corrected chi connectivity index (χ1v) is 14.4. The Balaban J connectivity index is 1.42. The van der Waals surface area contributed by atoms with E-state index in [1.54, 1.807) is 0 Å². The van der Waals surface area contributed by atoms with E-state index < -0.39 is 0 Å². The Morgan fingerprint density at radius 1 is 0.850 bits per heavy atom. The third-order valence-electron chi connectivity index (χ3n) is 7.39. The van der Waals surface area contributed by atoms with Crippen LogP contribution in [-0.4, -0.2) is 14.7 Å². The second-order valence-electron chi connectivity index (χ2n) is 10.00. The fraction of sp³-hybridized carbons (Fsp3) is 0.152. The molecule has 6 rings (SSSR count). The molecule has 1 aliphatic rings. The Bertz CT molecular complexity index is 1680. The van der Waals surface area contributed by atoms with Gasteiger partial charge >= 0.3 is 0 Å². The van der Waals surface area contributed by atoms with Gasteiger partial charge in [-0.15, -0.1) is 0 Å². The number of anilines is 1. The highest BCUT2D eigenvalue weighted by Gasteiger charge is 2.42. The van der Waals surface area contributed by atoms with Crippen LogP contribution in [0.3, 0.4) is 0 Å². The van der Waals surface area contributed by atoms with Crippen LogP contribution in [0.4, 0.5) is 5.69 Å². The van der Waals surface area contributed by atoms with Gasteiger partial charge in [-0.25, -0.2) is 0 Å². The van der Waals surface area contributed by atoms with Crippen LogP contribution in [0.15, 0.2) is 108 Å². The largest absolute Gasteiger partial charge is 0.457 e. The fourth-order valence-corrected chi connectivity index (χ4v) is 6.25. The van der Waals surface area contributed by atoms with Gasteiger partial charge in [-0.3, -0.25) is 4.98 Å². The number of para-hydroxylation sites is 1. The topological polar surface area (TPSA) is 42.3 Å². The molecule has 1 aliphatic heterocycles. The zero-order chi connectivity index (χ0) is 27.8. The number of halogens is 1. The molecule has 0 bridgehead atoms. The van der Waals surface area contributed by atoms with Crippen LogP contribution in [0.5, 0.6) is 11.5 Å². The molecule has 1 saturated heterocycles. The minimum absolute atomic E-state index is 0.0994. The number of pyridine rings is 1. The van der Waals surface area contributed by atoms with Crippen LogP contribution in [0, 0.1) is 20.8 Å². The third-order valence-corrected chi connectivity index (χ3v) is 8.20. The van der Waals surface area contributed by atoms with Gasteiger partial charge in [0, 0.05) is 33.4 Å². The molecule has 5 nitrogen and oxygen atoms in total. The summed E-state index contributed by atoms with van der Waals surface area (Å²) in [6, 6.07) is 32.6. The smallest absolute Gasteiger partial charge is 0.174 e. The highest BCUT2D eigenvalue weighted by molar-refractivity contribution is 9.10. The van der Waals surface area contributed by atoms with Gasteiger partial charge in [0.2, 0.25) is 0 Å². The summed E-state index contributed by atoms with van der Waals surface area (Å²) in [6.07, 6.45) is 1.84. The van der Waals surface area contributed by atoms with Crippen molar-refractivity contribution in [3.05, 3.63) is 136 Å². The minimum atomic E-state index is -0.118. The van der Waals surface area contributed by atoms with Gasteiger partial charge in [-0.1, -0.05) is 46.3 Å². The predicted octanol–water partition coefficient (Wildman–Crippen LogP) is 8.53. The quantitative estimate of drug-likeness (QED) is 0.196. The van der Waals surface area contributed by atoms with E-state index in [1.807, 2.05) is 67.7 Å². The number of ether oxygens (including phenoxy) is 1. The van der Waals surface area contributed by atoms with Crippen LogP contribution in [0.2, 0.25) is 0 Å². The summed E-state index contributed by atoms with van der Waals surface area (Å²) in [5.74, 6) is 1.63. The number of hydrogen-bond acceptors (Lipinski definition) is 3. The molecule has 0 radical (unpaired) electrons. The molecule has 0 unspecified atom stereocenters. The average Bonchev–Trinajstić information content (AvgIpc) is 3.45. The Morgan fingerprint density at radius 3 is 2.35 bits per heavy atom. The number of nitrogens with zero attached hydrogens (tertiary/aromatic N) is 3. The van der Waals surface area contributed by atoms with Crippen LogP contribution < -0.4 is 15.0 Å². The Kier molecular flexibility index (Phi) is 7.17. The van der Waals surface area contributed by atoms with E-state index in [2.05, 4.69) is 87.0 Å². The molecule has 1 N–H and O–H groups in total. The van der Waals surface area contributed by atoms with Crippen molar-refractivity contribution in [2.45, 2.75) is 32.9 Å². The summed E-state index contributed by atoms with van der Waals surface area (Å²) in [4.78, 5) is 6.92. The normalized spacial score (nSPS) is 16.7. The standard InChI is InChI=1S/C33H29BrN4OS/c1-21-9-4-5-13-30(21)39-27-16-14-25(15-17-27)38-32(31(36-33(38)40)29-12-6-7-18-35-29)28-19-22(2)37(23(28)3)26-11-8-10-24(34)20-26/h4-20,31-32H,1-3H3,(H,36,40)/t31-,32-/m1/s1. The fourth-order valence-electron chi connectivity index (χ4n) is 5.52. The Hall–Kier alpha value is -3.94. The first-order chi connectivity index (χ1) is 19.4. The number of benzene rings is 3. The van der Waals surface area contributed by atoms with Crippen molar-refractivity contribution in [2.75, 3.05) is 4.90 Å². The molecule has 0 spiro atoms. The molecule has 0 aliphatic carbocycles. The van der Waals surface area contributed by atoms with E-state index in [-0.39, 0.29) is 12.1 Å². The zero-order valence-corrected chi connectivity index (χ0v) is 24.9. The van der Waals surface area contributed by atoms with Crippen molar-refractivity contribution < 1.29 is 4.74 Å².